The molecule has 2 rings (SSSR count). The van der Waals surface area contributed by atoms with Gasteiger partial charge in [0.1, 0.15) is 5.82 Å². The highest BCUT2D eigenvalue weighted by Crippen LogP contribution is 2.19. The maximum Gasteiger partial charge on any atom is 0.106 e. The molecule has 2 aromatic rings. The molecule has 0 saturated carbocycles. The fourth-order valence-electron chi connectivity index (χ4n) is 1.24. The largest absolute Gasteiger partial charge is 0.348 e. The smallest absolute Gasteiger partial charge is 0.106 e. The average Bonchev–Trinajstić information content (AvgIpc) is 2.66. The van der Waals surface area contributed by atoms with Crippen molar-refractivity contribution in [2.75, 3.05) is 0 Å². The number of imidazole rings is 1. The highest BCUT2D eigenvalue weighted by Gasteiger charge is 2.03. The first kappa shape index (κ1) is 9.21. The van der Waals surface area contributed by atoms with Gasteiger partial charge in [-0.2, -0.15) is 0 Å². The normalized spacial score (nSPS) is 10.4. The summed E-state index contributed by atoms with van der Waals surface area (Å²) in [5.74, 6) is 0.972. The third kappa shape index (κ3) is 1.77. The molecule has 3 nitrogen and oxygen atoms in total. The van der Waals surface area contributed by atoms with Crippen molar-refractivity contribution in [1.29, 1.82) is 0 Å². The van der Waals surface area contributed by atoms with Crippen molar-refractivity contribution < 1.29 is 0 Å². The predicted octanol–water partition coefficient (Wildman–Crippen LogP) is 2.69. The standard InChI is InChI=1S/C10H10ClN3/c1-2-10-13-6-9(14-10)7-3-8(11)5-12-4-7/h3-6H,2H2,1H3,(H,13,14). The Morgan fingerprint density at radius 1 is 1.43 bits per heavy atom. The topological polar surface area (TPSA) is 41.6 Å². The van der Waals surface area contributed by atoms with Gasteiger partial charge in [0.2, 0.25) is 0 Å². The number of pyridine rings is 1. The maximum atomic E-state index is 5.83. The molecule has 72 valence electrons. The Morgan fingerprint density at radius 3 is 2.93 bits per heavy atom. The molecule has 0 aliphatic heterocycles. The van der Waals surface area contributed by atoms with Crippen LogP contribution in [0.25, 0.3) is 11.3 Å². The molecular formula is C10H10ClN3. The summed E-state index contributed by atoms with van der Waals surface area (Å²) < 4.78 is 0. The van der Waals surface area contributed by atoms with E-state index in [9.17, 15) is 0 Å². The van der Waals surface area contributed by atoms with Crippen molar-refractivity contribution >= 4 is 11.6 Å². The molecule has 0 bridgehead atoms. The van der Waals surface area contributed by atoms with Crippen molar-refractivity contribution in [3.63, 3.8) is 0 Å². The summed E-state index contributed by atoms with van der Waals surface area (Å²) in [6.45, 7) is 2.05. The first-order valence-corrected chi connectivity index (χ1v) is 4.82. The van der Waals surface area contributed by atoms with Crippen molar-refractivity contribution in [2.24, 2.45) is 0 Å². The van der Waals surface area contributed by atoms with Gasteiger partial charge >= 0.3 is 0 Å². The van der Waals surface area contributed by atoms with Crippen LogP contribution in [0.15, 0.2) is 24.7 Å². The number of nitrogens with one attached hydrogen (secondary N) is 1. The Morgan fingerprint density at radius 2 is 2.29 bits per heavy atom. The molecule has 1 N–H and O–H groups in total. The minimum absolute atomic E-state index is 0.628. The lowest BCUT2D eigenvalue weighted by Crippen LogP contribution is -1.83. The van der Waals surface area contributed by atoms with E-state index in [1.54, 1.807) is 12.4 Å². The quantitative estimate of drug-likeness (QED) is 0.823. The minimum atomic E-state index is 0.628. The first-order chi connectivity index (χ1) is 6.79. The lowest BCUT2D eigenvalue weighted by molar-refractivity contribution is 0.990. The average molecular weight is 208 g/mol. The minimum Gasteiger partial charge on any atom is -0.348 e. The molecule has 2 heterocycles. The zero-order valence-corrected chi connectivity index (χ0v) is 8.54. The van der Waals surface area contributed by atoms with Crippen LogP contribution in [0.3, 0.4) is 0 Å². The molecule has 0 saturated heterocycles. The van der Waals surface area contributed by atoms with Crippen molar-refractivity contribution in [3.8, 4) is 11.3 Å². The van der Waals surface area contributed by atoms with Gasteiger partial charge < -0.3 is 4.98 Å². The van der Waals surface area contributed by atoms with E-state index in [0.29, 0.717) is 5.02 Å². The molecule has 0 aliphatic rings. The third-order valence-corrected chi connectivity index (χ3v) is 2.17. The highest BCUT2D eigenvalue weighted by molar-refractivity contribution is 6.30. The molecule has 0 fully saturated rings. The number of H-pyrrole nitrogens is 1. The van der Waals surface area contributed by atoms with E-state index in [4.69, 9.17) is 11.6 Å². The van der Waals surface area contributed by atoms with Crippen molar-refractivity contribution in [1.82, 2.24) is 15.0 Å². The number of hydrogen-bond donors (Lipinski definition) is 1. The highest BCUT2D eigenvalue weighted by atomic mass is 35.5. The second-order valence-corrected chi connectivity index (χ2v) is 3.41. The van der Waals surface area contributed by atoms with Crippen LogP contribution in [0, 0.1) is 0 Å². The molecule has 0 aliphatic carbocycles. The van der Waals surface area contributed by atoms with Gasteiger partial charge in [-0.25, -0.2) is 4.98 Å². The number of aromatic amines is 1. The van der Waals surface area contributed by atoms with Crippen LogP contribution < -0.4 is 0 Å². The number of halogens is 1. The summed E-state index contributed by atoms with van der Waals surface area (Å²) in [5.41, 5.74) is 1.82. The van der Waals surface area contributed by atoms with E-state index in [1.165, 1.54) is 0 Å². The number of rotatable bonds is 2. The van der Waals surface area contributed by atoms with Gasteiger partial charge in [-0.1, -0.05) is 18.5 Å². The Labute approximate surface area is 87.2 Å². The van der Waals surface area contributed by atoms with E-state index in [2.05, 4.69) is 21.9 Å². The summed E-state index contributed by atoms with van der Waals surface area (Å²) in [6, 6.07) is 1.85. The van der Waals surface area contributed by atoms with Gasteiger partial charge in [0.15, 0.2) is 0 Å². The number of nitrogens with zero attached hydrogens (tertiary/aromatic N) is 2. The third-order valence-electron chi connectivity index (χ3n) is 1.97. The van der Waals surface area contributed by atoms with Gasteiger partial charge in [0, 0.05) is 30.6 Å². The van der Waals surface area contributed by atoms with E-state index in [-0.39, 0.29) is 0 Å². The van der Waals surface area contributed by atoms with Crippen LogP contribution >= 0.6 is 11.6 Å². The van der Waals surface area contributed by atoms with Crippen LogP contribution in [0.1, 0.15) is 12.7 Å². The molecule has 14 heavy (non-hydrogen) atoms. The summed E-state index contributed by atoms with van der Waals surface area (Å²) in [6.07, 6.45) is 6.13. The number of aryl methyl sites for hydroxylation is 1. The van der Waals surface area contributed by atoms with Crippen molar-refractivity contribution in [2.45, 2.75) is 13.3 Å². The van der Waals surface area contributed by atoms with Crippen molar-refractivity contribution in [3.05, 3.63) is 35.5 Å². The SMILES string of the molecule is CCc1nc(-c2cncc(Cl)c2)c[nH]1. The number of aromatic nitrogens is 3. The van der Waals surface area contributed by atoms with E-state index >= 15 is 0 Å². The first-order valence-electron chi connectivity index (χ1n) is 4.45. The van der Waals surface area contributed by atoms with Crippen LogP contribution in [-0.4, -0.2) is 15.0 Å². The van der Waals surface area contributed by atoms with Crippen LogP contribution in [0.4, 0.5) is 0 Å². The predicted molar refractivity (Wildman–Crippen MR) is 56.2 cm³/mol. The van der Waals surface area contributed by atoms with E-state index < -0.39 is 0 Å². The lowest BCUT2D eigenvalue weighted by Gasteiger charge is -1.95. The fourth-order valence-corrected chi connectivity index (χ4v) is 1.42. The fraction of sp³-hybridized carbons (Fsp3) is 0.200. The summed E-state index contributed by atoms with van der Waals surface area (Å²) in [7, 11) is 0. The van der Waals surface area contributed by atoms with Crippen LogP contribution in [0.5, 0.6) is 0 Å². The monoisotopic (exact) mass is 207 g/mol. The molecule has 0 amide bonds. The zero-order chi connectivity index (χ0) is 9.97. The Hall–Kier alpha value is -1.35. The van der Waals surface area contributed by atoms with Gasteiger partial charge in [-0.05, 0) is 6.07 Å². The molecule has 2 aromatic heterocycles. The van der Waals surface area contributed by atoms with Crippen LogP contribution in [0.2, 0.25) is 5.02 Å². The second-order valence-electron chi connectivity index (χ2n) is 2.98. The Balaban J connectivity index is 2.39. The molecule has 4 heteroatoms. The summed E-state index contributed by atoms with van der Waals surface area (Å²) in [5, 5.41) is 0.628. The summed E-state index contributed by atoms with van der Waals surface area (Å²) in [4.78, 5) is 11.5. The summed E-state index contributed by atoms with van der Waals surface area (Å²) >= 11 is 5.83. The van der Waals surface area contributed by atoms with Gasteiger partial charge in [0.25, 0.3) is 0 Å². The second kappa shape index (κ2) is 3.80. The molecule has 0 radical (unpaired) electrons. The molecule has 0 atom stereocenters. The van der Waals surface area contributed by atoms with Crippen LogP contribution in [-0.2, 0) is 6.42 Å². The maximum absolute atomic E-state index is 5.83. The molecular weight excluding hydrogens is 198 g/mol. The van der Waals surface area contributed by atoms with Gasteiger partial charge in [-0.3, -0.25) is 4.98 Å². The zero-order valence-electron chi connectivity index (χ0n) is 7.79. The van der Waals surface area contributed by atoms with E-state index in [0.717, 1.165) is 23.5 Å². The Bertz CT molecular complexity index is 436. The molecule has 0 spiro atoms. The van der Waals surface area contributed by atoms with E-state index in [1.807, 2.05) is 12.3 Å². The van der Waals surface area contributed by atoms with Gasteiger partial charge in [0.05, 0.1) is 10.7 Å². The Kier molecular flexibility index (Phi) is 2.50. The lowest BCUT2D eigenvalue weighted by atomic mass is 10.2. The molecule has 0 aromatic carbocycles. The number of hydrogen-bond acceptors (Lipinski definition) is 2. The van der Waals surface area contributed by atoms with Gasteiger partial charge in [-0.15, -0.1) is 0 Å². The molecule has 0 unspecified atom stereocenters.